The normalized spacial score (nSPS) is 22.1. The molecule has 4 saturated carbocycles. The highest BCUT2D eigenvalue weighted by Crippen LogP contribution is 2.84. The standard InChI is InChI=1S/C66H50N2/c1-3-14-58-46(9-1)11-8-17-59(58)48-25-34-56(35-26-48)67(54-30-21-44(22-31-54)43-19-28-50(29-20-43)65-40-52-38-51-39-53(41-65)66(51,52)42-65)55-32-23-45(24-33-55)49-12-7-13-57(37-49)68-63-18-6-5-16-61(63)62-36-27-47-10-2-4-15-60(47)64(62)68/h1-37,51-53H,38-42H2/t51?,52-,53-,65?,66?/m0/s1. The monoisotopic (exact) mass is 870 g/mol. The maximum Gasteiger partial charge on any atom is 0.0619 e. The average Bonchev–Trinajstić information content (AvgIpc) is 4.03. The molecule has 1 spiro atoms. The van der Waals surface area contributed by atoms with Crippen LogP contribution in [0.4, 0.5) is 17.1 Å². The fourth-order valence-corrected chi connectivity index (χ4v) is 14.6. The Balaban J connectivity index is 0.781. The van der Waals surface area contributed by atoms with Gasteiger partial charge in [0.15, 0.2) is 0 Å². The third kappa shape index (κ3) is 5.52. The number of rotatable bonds is 8. The van der Waals surface area contributed by atoms with E-state index >= 15 is 0 Å². The molecule has 4 aliphatic carbocycles. The fourth-order valence-electron chi connectivity index (χ4n) is 14.6. The minimum atomic E-state index is 0.437. The zero-order chi connectivity index (χ0) is 44.6. The number of para-hydroxylation sites is 1. The molecule has 1 aromatic heterocycles. The molecule has 2 atom stereocenters. The van der Waals surface area contributed by atoms with E-state index in [-0.39, 0.29) is 0 Å². The van der Waals surface area contributed by atoms with Crippen molar-refractivity contribution >= 4 is 60.4 Å². The van der Waals surface area contributed by atoms with Gasteiger partial charge in [-0.25, -0.2) is 0 Å². The fraction of sp³-hybridized carbons (Fsp3) is 0.152. The predicted octanol–water partition coefficient (Wildman–Crippen LogP) is 17.6. The van der Waals surface area contributed by atoms with Crippen molar-refractivity contribution in [2.45, 2.75) is 37.5 Å². The number of hydrogen-bond acceptors (Lipinski definition) is 1. The van der Waals surface area contributed by atoms with Gasteiger partial charge in [0.2, 0.25) is 0 Å². The van der Waals surface area contributed by atoms with Gasteiger partial charge in [0.25, 0.3) is 0 Å². The van der Waals surface area contributed by atoms with Crippen LogP contribution in [0.5, 0.6) is 0 Å². The van der Waals surface area contributed by atoms with E-state index in [1.807, 2.05) is 0 Å². The van der Waals surface area contributed by atoms with Crippen molar-refractivity contribution in [3.05, 3.63) is 230 Å². The van der Waals surface area contributed by atoms with Crippen LogP contribution in [0.15, 0.2) is 224 Å². The molecule has 2 heteroatoms. The topological polar surface area (TPSA) is 8.17 Å². The molecule has 0 aliphatic heterocycles. The maximum atomic E-state index is 2.48. The second-order valence-corrected chi connectivity index (χ2v) is 20.7. The molecule has 68 heavy (non-hydrogen) atoms. The molecule has 324 valence electrons. The number of benzene rings is 10. The van der Waals surface area contributed by atoms with Crippen molar-refractivity contribution in [2.75, 3.05) is 4.90 Å². The van der Waals surface area contributed by atoms with Crippen molar-refractivity contribution in [1.29, 1.82) is 0 Å². The first-order valence-corrected chi connectivity index (χ1v) is 24.8. The quantitative estimate of drug-likeness (QED) is 0.148. The Morgan fingerprint density at radius 2 is 0.941 bits per heavy atom. The van der Waals surface area contributed by atoms with E-state index in [0.29, 0.717) is 5.41 Å². The lowest BCUT2D eigenvalue weighted by Crippen LogP contribution is -2.59. The minimum Gasteiger partial charge on any atom is -0.311 e. The zero-order valence-electron chi connectivity index (χ0n) is 38.0. The summed E-state index contributed by atoms with van der Waals surface area (Å²) in [5.74, 6) is 3.06. The van der Waals surface area contributed by atoms with Crippen LogP contribution in [0.3, 0.4) is 0 Å². The van der Waals surface area contributed by atoms with Gasteiger partial charge in [-0.2, -0.15) is 0 Å². The first-order chi connectivity index (χ1) is 33.6. The van der Waals surface area contributed by atoms with Gasteiger partial charge in [0, 0.05) is 38.9 Å². The molecule has 0 unspecified atom stereocenters. The number of hydrogen-bond donors (Lipinski definition) is 0. The number of fused-ring (bicyclic) bond motifs is 7. The van der Waals surface area contributed by atoms with Crippen molar-refractivity contribution in [2.24, 2.45) is 23.2 Å². The third-order valence-corrected chi connectivity index (χ3v) is 17.6. The van der Waals surface area contributed by atoms with Crippen LogP contribution in [-0.4, -0.2) is 4.57 Å². The number of aromatic nitrogens is 1. The third-order valence-electron chi connectivity index (χ3n) is 17.6. The van der Waals surface area contributed by atoms with E-state index in [4.69, 9.17) is 0 Å². The van der Waals surface area contributed by atoms with Crippen LogP contribution >= 0.6 is 0 Å². The van der Waals surface area contributed by atoms with E-state index < -0.39 is 0 Å². The summed E-state index contributed by atoms with van der Waals surface area (Å²) in [6, 6.07) is 83.7. The molecule has 4 fully saturated rings. The maximum absolute atomic E-state index is 2.48. The first kappa shape index (κ1) is 38.4. The van der Waals surface area contributed by atoms with Crippen LogP contribution in [-0.2, 0) is 5.41 Å². The van der Waals surface area contributed by atoms with E-state index in [2.05, 4.69) is 234 Å². The second kappa shape index (κ2) is 14.4. The lowest BCUT2D eigenvalue weighted by molar-refractivity contribution is -0.175. The highest BCUT2D eigenvalue weighted by Gasteiger charge is 2.77. The summed E-state index contributed by atoms with van der Waals surface area (Å²) in [7, 11) is 0. The van der Waals surface area contributed by atoms with E-state index in [9.17, 15) is 0 Å². The van der Waals surface area contributed by atoms with Gasteiger partial charge < -0.3 is 9.47 Å². The first-order valence-electron chi connectivity index (χ1n) is 24.8. The molecule has 0 amide bonds. The molecular weight excluding hydrogens is 821 g/mol. The highest BCUT2D eigenvalue weighted by molar-refractivity contribution is 6.18. The lowest BCUT2D eigenvalue weighted by atomic mass is 9.38. The zero-order valence-corrected chi connectivity index (χ0v) is 38.0. The summed E-state index contributed by atoms with van der Waals surface area (Å²) in [6.45, 7) is 0. The summed E-state index contributed by atoms with van der Waals surface area (Å²) >= 11 is 0. The Hall–Kier alpha value is -7.68. The molecular formula is C66H50N2. The lowest BCUT2D eigenvalue weighted by Gasteiger charge is -2.66. The van der Waals surface area contributed by atoms with E-state index in [0.717, 1.165) is 45.9 Å². The smallest absolute Gasteiger partial charge is 0.0619 e. The number of anilines is 3. The van der Waals surface area contributed by atoms with Crippen molar-refractivity contribution in [1.82, 2.24) is 4.57 Å². The minimum absolute atomic E-state index is 0.437. The SMILES string of the molecule is c1cc(-c2ccc(N(c3ccc(-c4ccc(C56C[C@@H]7CC8C[C@@H](C5)C87C6)cc4)cc3)c3ccc(-c4cccc5ccccc45)cc3)cc2)cc(-n2c3ccccc3c3ccc4ccccc4c32)c1. The summed E-state index contributed by atoms with van der Waals surface area (Å²) in [4.78, 5) is 2.40. The Labute approximate surface area is 397 Å². The summed E-state index contributed by atoms with van der Waals surface area (Å²) in [5.41, 5.74) is 17.2. The van der Waals surface area contributed by atoms with Gasteiger partial charge in [0.05, 0.1) is 11.0 Å². The van der Waals surface area contributed by atoms with E-state index in [1.165, 1.54) is 109 Å². The van der Waals surface area contributed by atoms with Gasteiger partial charge >= 0.3 is 0 Å². The van der Waals surface area contributed by atoms with Crippen LogP contribution in [0.1, 0.15) is 37.7 Å². The Morgan fingerprint density at radius 1 is 0.397 bits per heavy atom. The molecule has 0 saturated heterocycles. The van der Waals surface area contributed by atoms with Gasteiger partial charge in [0.1, 0.15) is 0 Å². The van der Waals surface area contributed by atoms with Crippen LogP contribution < -0.4 is 4.90 Å². The Kier molecular flexibility index (Phi) is 8.14. The van der Waals surface area contributed by atoms with E-state index in [1.54, 1.807) is 5.56 Å². The van der Waals surface area contributed by atoms with Crippen LogP contribution in [0.25, 0.3) is 82.4 Å². The van der Waals surface area contributed by atoms with Crippen molar-refractivity contribution < 1.29 is 0 Å². The Morgan fingerprint density at radius 3 is 1.60 bits per heavy atom. The summed E-state index contributed by atoms with van der Waals surface area (Å²) < 4.78 is 2.45. The highest BCUT2D eigenvalue weighted by atomic mass is 15.1. The average molecular weight is 871 g/mol. The van der Waals surface area contributed by atoms with Crippen molar-refractivity contribution in [3.63, 3.8) is 0 Å². The largest absolute Gasteiger partial charge is 0.311 e. The molecule has 0 radical (unpaired) electrons. The molecule has 0 N–H and O–H groups in total. The van der Waals surface area contributed by atoms with Gasteiger partial charge in [-0.05, 0) is 170 Å². The molecule has 10 aromatic carbocycles. The molecule has 15 rings (SSSR count). The molecule has 2 nitrogen and oxygen atoms in total. The van der Waals surface area contributed by atoms with Crippen LogP contribution in [0.2, 0.25) is 0 Å². The predicted molar refractivity (Wildman–Crippen MR) is 284 cm³/mol. The van der Waals surface area contributed by atoms with Gasteiger partial charge in [-0.3, -0.25) is 0 Å². The Bertz CT molecular complexity index is 3760. The number of nitrogens with zero attached hydrogens (tertiary/aromatic N) is 2. The van der Waals surface area contributed by atoms with Gasteiger partial charge in [-0.1, -0.05) is 170 Å². The van der Waals surface area contributed by atoms with Gasteiger partial charge in [-0.15, -0.1) is 0 Å². The molecule has 4 aliphatic rings. The summed E-state index contributed by atoms with van der Waals surface area (Å²) in [5, 5.41) is 7.59. The summed E-state index contributed by atoms with van der Waals surface area (Å²) in [6.07, 6.45) is 7.34. The second-order valence-electron chi connectivity index (χ2n) is 20.7. The molecule has 1 heterocycles. The van der Waals surface area contributed by atoms with Crippen LogP contribution in [0, 0.1) is 23.2 Å². The molecule has 2 bridgehead atoms. The molecule has 11 aromatic rings. The van der Waals surface area contributed by atoms with Crippen molar-refractivity contribution in [3.8, 4) is 39.1 Å².